The van der Waals surface area contributed by atoms with Gasteiger partial charge in [-0.3, -0.25) is 4.79 Å². The molecule has 0 unspecified atom stereocenters. The molecule has 0 aliphatic rings. The molecule has 0 amide bonds. The van der Waals surface area contributed by atoms with Crippen LogP contribution in [-0.2, 0) is 9.84 Å². The van der Waals surface area contributed by atoms with Gasteiger partial charge in [0, 0.05) is 11.6 Å². The Kier molecular flexibility index (Phi) is 4.45. The normalized spacial score (nSPS) is 11.5. The number of fused-ring (bicyclic) bond motifs is 1. The maximum Gasteiger partial charge on any atom is 0.203 e. The second kappa shape index (κ2) is 6.45. The van der Waals surface area contributed by atoms with Crippen molar-refractivity contribution in [3.63, 3.8) is 0 Å². The maximum absolute atomic E-state index is 14.0. The van der Waals surface area contributed by atoms with Gasteiger partial charge < -0.3 is 4.74 Å². The minimum atomic E-state index is -3.56. The van der Waals surface area contributed by atoms with Crippen molar-refractivity contribution in [2.24, 2.45) is 0 Å². The standard InChI is InChI=1S/C18H13F2NO4S/c1-25-14-8-7-13-10(6-9-15(21-13)26(2,23)24)16(14)18(22)17-11(19)4-3-5-12(17)20/h3-9H,1-2H3. The third-order valence-corrected chi connectivity index (χ3v) is 4.81. The Morgan fingerprint density at radius 2 is 1.65 bits per heavy atom. The maximum atomic E-state index is 14.0. The number of hydrogen-bond acceptors (Lipinski definition) is 5. The van der Waals surface area contributed by atoms with Crippen LogP contribution in [0, 0.1) is 11.6 Å². The Bertz CT molecular complexity index is 1120. The molecule has 1 aromatic heterocycles. The average Bonchev–Trinajstić information content (AvgIpc) is 2.59. The molecular weight excluding hydrogens is 364 g/mol. The van der Waals surface area contributed by atoms with E-state index in [4.69, 9.17) is 4.74 Å². The third kappa shape index (κ3) is 3.03. The van der Waals surface area contributed by atoms with E-state index in [-0.39, 0.29) is 27.2 Å². The van der Waals surface area contributed by atoms with Crippen LogP contribution in [0.3, 0.4) is 0 Å². The van der Waals surface area contributed by atoms with Gasteiger partial charge in [-0.1, -0.05) is 6.07 Å². The lowest BCUT2D eigenvalue weighted by atomic mass is 9.97. The highest BCUT2D eigenvalue weighted by atomic mass is 32.2. The molecule has 134 valence electrons. The van der Waals surface area contributed by atoms with Crippen molar-refractivity contribution < 1.29 is 26.7 Å². The molecule has 0 saturated heterocycles. The first-order valence-electron chi connectivity index (χ1n) is 7.40. The Morgan fingerprint density at radius 1 is 1.00 bits per heavy atom. The number of methoxy groups -OCH3 is 1. The molecule has 0 aliphatic heterocycles. The van der Waals surface area contributed by atoms with E-state index in [9.17, 15) is 22.0 Å². The summed E-state index contributed by atoms with van der Waals surface area (Å²) in [6.07, 6.45) is 1.01. The van der Waals surface area contributed by atoms with Gasteiger partial charge in [-0.2, -0.15) is 0 Å². The molecule has 26 heavy (non-hydrogen) atoms. The van der Waals surface area contributed by atoms with Crippen molar-refractivity contribution in [3.8, 4) is 5.75 Å². The van der Waals surface area contributed by atoms with E-state index in [1.54, 1.807) is 0 Å². The number of hydrogen-bond donors (Lipinski definition) is 0. The quantitative estimate of drug-likeness (QED) is 0.653. The fraction of sp³-hybridized carbons (Fsp3) is 0.111. The molecule has 0 fully saturated rings. The molecule has 0 radical (unpaired) electrons. The number of sulfone groups is 1. The summed E-state index contributed by atoms with van der Waals surface area (Å²) >= 11 is 0. The van der Waals surface area contributed by atoms with Crippen LogP contribution in [0.1, 0.15) is 15.9 Å². The van der Waals surface area contributed by atoms with Gasteiger partial charge in [0.2, 0.25) is 5.78 Å². The van der Waals surface area contributed by atoms with E-state index in [1.165, 1.54) is 31.4 Å². The van der Waals surface area contributed by atoms with E-state index in [1.807, 2.05) is 0 Å². The molecule has 0 aliphatic carbocycles. The average molecular weight is 377 g/mol. The summed E-state index contributed by atoms with van der Waals surface area (Å²) in [6, 6.07) is 8.58. The van der Waals surface area contributed by atoms with Crippen LogP contribution < -0.4 is 4.74 Å². The van der Waals surface area contributed by atoms with Crippen LogP contribution >= 0.6 is 0 Å². The first-order valence-corrected chi connectivity index (χ1v) is 9.29. The summed E-state index contributed by atoms with van der Waals surface area (Å²) in [6.45, 7) is 0. The summed E-state index contributed by atoms with van der Waals surface area (Å²) in [5.41, 5.74) is -0.624. The Morgan fingerprint density at radius 3 is 2.23 bits per heavy atom. The molecule has 0 spiro atoms. The van der Waals surface area contributed by atoms with Crippen LogP contribution in [0.4, 0.5) is 8.78 Å². The van der Waals surface area contributed by atoms with Gasteiger partial charge in [0.15, 0.2) is 14.9 Å². The summed E-state index contributed by atoms with van der Waals surface area (Å²) in [5.74, 6) is -2.83. The Balaban J connectivity index is 2.32. The number of aromatic nitrogens is 1. The highest BCUT2D eigenvalue weighted by Crippen LogP contribution is 2.31. The molecular formula is C18H13F2NO4S. The topological polar surface area (TPSA) is 73.3 Å². The lowest BCUT2D eigenvalue weighted by Crippen LogP contribution is -2.10. The molecule has 1 heterocycles. The molecule has 2 aromatic carbocycles. The number of benzene rings is 2. The zero-order chi connectivity index (χ0) is 19.1. The molecule has 3 rings (SSSR count). The molecule has 5 nitrogen and oxygen atoms in total. The van der Waals surface area contributed by atoms with Crippen LogP contribution in [0.25, 0.3) is 10.9 Å². The van der Waals surface area contributed by atoms with Crippen LogP contribution in [0.15, 0.2) is 47.5 Å². The van der Waals surface area contributed by atoms with Crippen molar-refractivity contribution in [1.82, 2.24) is 4.98 Å². The van der Waals surface area contributed by atoms with Crippen molar-refractivity contribution >= 4 is 26.5 Å². The lowest BCUT2D eigenvalue weighted by molar-refractivity contribution is 0.103. The van der Waals surface area contributed by atoms with Crippen molar-refractivity contribution in [2.45, 2.75) is 5.03 Å². The van der Waals surface area contributed by atoms with Crippen LogP contribution in [0.5, 0.6) is 5.75 Å². The van der Waals surface area contributed by atoms with E-state index in [0.29, 0.717) is 0 Å². The lowest BCUT2D eigenvalue weighted by Gasteiger charge is -2.12. The number of nitrogens with zero attached hydrogens (tertiary/aromatic N) is 1. The smallest absolute Gasteiger partial charge is 0.203 e. The van der Waals surface area contributed by atoms with Gasteiger partial charge in [-0.25, -0.2) is 22.2 Å². The van der Waals surface area contributed by atoms with Crippen LogP contribution in [-0.4, -0.2) is 32.6 Å². The minimum Gasteiger partial charge on any atom is -0.496 e. The van der Waals surface area contributed by atoms with E-state index in [2.05, 4.69) is 4.98 Å². The summed E-state index contributed by atoms with van der Waals surface area (Å²) in [5, 5.41) is 0.0510. The van der Waals surface area contributed by atoms with Gasteiger partial charge >= 0.3 is 0 Å². The molecule has 8 heteroatoms. The van der Waals surface area contributed by atoms with Crippen LogP contribution in [0.2, 0.25) is 0 Å². The van der Waals surface area contributed by atoms with E-state index >= 15 is 0 Å². The third-order valence-electron chi connectivity index (χ3n) is 3.82. The van der Waals surface area contributed by atoms with Gasteiger partial charge in [0.1, 0.15) is 17.4 Å². The number of carbonyl (C=O) groups excluding carboxylic acids is 1. The summed E-state index contributed by atoms with van der Waals surface area (Å²) in [7, 11) is -2.24. The zero-order valence-corrected chi connectivity index (χ0v) is 14.6. The zero-order valence-electron chi connectivity index (χ0n) is 13.8. The first-order chi connectivity index (χ1) is 12.2. The van der Waals surface area contributed by atoms with Gasteiger partial charge in [0.25, 0.3) is 0 Å². The van der Waals surface area contributed by atoms with Gasteiger partial charge in [0.05, 0.1) is 23.8 Å². The second-order valence-corrected chi connectivity index (χ2v) is 7.52. The van der Waals surface area contributed by atoms with Crippen molar-refractivity contribution in [2.75, 3.05) is 13.4 Å². The predicted molar refractivity (Wildman–Crippen MR) is 91.2 cm³/mol. The van der Waals surface area contributed by atoms with Crippen molar-refractivity contribution in [3.05, 3.63) is 65.2 Å². The Labute approximate surface area is 148 Å². The highest BCUT2D eigenvalue weighted by molar-refractivity contribution is 7.90. The predicted octanol–water partition coefficient (Wildman–Crippen LogP) is 3.16. The van der Waals surface area contributed by atoms with E-state index < -0.39 is 32.8 Å². The molecule has 3 aromatic rings. The Hall–Kier alpha value is -2.87. The molecule has 0 N–H and O–H groups in total. The number of ketones is 1. The fourth-order valence-corrected chi connectivity index (χ4v) is 3.20. The number of ether oxygens (including phenoxy) is 1. The number of rotatable bonds is 4. The molecule has 0 bridgehead atoms. The first kappa shape index (κ1) is 17.9. The second-order valence-electron chi connectivity index (χ2n) is 5.56. The fourth-order valence-electron chi connectivity index (χ4n) is 2.62. The monoisotopic (exact) mass is 377 g/mol. The largest absolute Gasteiger partial charge is 0.496 e. The van der Waals surface area contributed by atoms with Gasteiger partial charge in [-0.15, -0.1) is 0 Å². The summed E-state index contributed by atoms with van der Waals surface area (Å²) < 4.78 is 56.6. The summed E-state index contributed by atoms with van der Waals surface area (Å²) in [4.78, 5) is 16.9. The van der Waals surface area contributed by atoms with E-state index in [0.717, 1.165) is 24.5 Å². The van der Waals surface area contributed by atoms with Crippen molar-refractivity contribution in [1.29, 1.82) is 0 Å². The molecule has 0 saturated carbocycles. The highest BCUT2D eigenvalue weighted by Gasteiger charge is 2.25. The molecule has 0 atom stereocenters. The van der Waals surface area contributed by atoms with Gasteiger partial charge in [-0.05, 0) is 36.4 Å². The number of carbonyl (C=O) groups is 1. The SMILES string of the molecule is COc1ccc2nc(S(C)(=O)=O)ccc2c1C(=O)c1c(F)cccc1F. The minimum absolute atomic E-state index is 0.0958. The number of pyridine rings is 1. The number of halogens is 2.